The van der Waals surface area contributed by atoms with Gasteiger partial charge in [-0.05, 0) is 61.2 Å². The third-order valence-corrected chi connectivity index (χ3v) is 3.31. The van der Waals surface area contributed by atoms with Gasteiger partial charge in [-0.3, -0.25) is 4.98 Å². The van der Waals surface area contributed by atoms with Crippen LogP contribution in [0.3, 0.4) is 0 Å². The molecule has 1 aromatic heterocycles. The lowest BCUT2D eigenvalue weighted by molar-refractivity contribution is 0.311. The maximum Gasteiger partial charge on any atom is 0.119 e. The van der Waals surface area contributed by atoms with Crippen molar-refractivity contribution in [3.8, 4) is 5.75 Å². The van der Waals surface area contributed by atoms with E-state index in [2.05, 4.69) is 53.6 Å². The van der Waals surface area contributed by atoms with Crippen molar-refractivity contribution in [2.45, 2.75) is 32.7 Å². The van der Waals surface area contributed by atoms with E-state index in [1.54, 1.807) is 0 Å². The number of pyridine rings is 1. The minimum Gasteiger partial charge on any atom is -0.494 e. The first-order valence-corrected chi connectivity index (χ1v) is 7.70. The average Bonchev–Trinajstić information content (AvgIpc) is 2.54. The Hall–Kier alpha value is -1.87. The summed E-state index contributed by atoms with van der Waals surface area (Å²) in [7, 11) is 0. The molecule has 112 valence electrons. The van der Waals surface area contributed by atoms with Gasteiger partial charge in [-0.15, -0.1) is 0 Å². The SMILES string of the molecule is CCCNCc1ccc(OCCCc2ccncc2)cc1. The Balaban J connectivity index is 1.66. The van der Waals surface area contributed by atoms with Gasteiger partial charge in [0, 0.05) is 18.9 Å². The second kappa shape index (κ2) is 9.14. The topological polar surface area (TPSA) is 34.1 Å². The van der Waals surface area contributed by atoms with Gasteiger partial charge < -0.3 is 10.1 Å². The van der Waals surface area contributed by atoms with Crippen molar-refractivity contribution in [2.75, 3.05) is 13.2 Å². The average molecular weight is 284 g/mol. The van der Waals surface area contributed by atoms with Crippen LogP contribution in [0, 0.1) is 0 Å². The van der Waals surface area contributed by atoms with Crippen LogP contribution < -0.4 is 10.1 Å². The highest BCUT2D eigenvalue weighted by Gasteiger charge is 1.97. The molecule has 0 aliphatic heterocycles. The molecule has 2 aromatic rings. The minimum absolute atomic E-state index is 0.746. The van der Waals surface area contributed by atoms with Crippen LogP contribution in [0.2, 0.25) is 0 Å². The second-order valence-electron chi connectivity index (χ2n) is 5.13. The van der Waals surface area contributed by atoms with E-state index >= 15 is 0 Å². The minimum atomic E-state index is 0.746. The zero-order valence-corrected chi connectivity index (χ0v) is 12.7. The standard InChI is InChI=1S/C18H24N2O/c1-2-11-20-15-17-5-7-18(8-6-17)21-14-3-4-16-9-12-19-13-10-16/h5-10,12-13,20H,2-4,11,14-15H2,1H3. The van der Waals surface area contributed by atoms with Crippen LogP contribution >= 0.6 is 0 Å². The Morgan fingerprint density at radius 1 is 1.00 bits per heavy atom. The number of nitrogens with zero attached hydrogens (tertiary/aromatic N) is 1. The zero-order valence-electron chi connectivity index (χ0n) is 12.7. The fourth-order valence-electron chi connectivity index (χ4n) is 2.13. The molecule has 0 saturated carbocycles. The van der Waals surface area contributed by atoms with Crippen molar-refractivity contribution in [2.24, 2.45) is 0 Å². The highest BCUT2D eigenvalue weighted by molar-refractivity contribution is 5.27. The summed E-state index contributed by atoms with van der Waals surface area (Å²) < 4.78 is 5.77. The van der Waals surface area contributed by atoms with Gasteiger partial charge in [0.05, 0.1) is 6.61 Å². The van der Waals surface area contributed by atoms with Crippen molar-refractivity contribution in [1.29, 1.82) is 0 Å². The molecule has 0 fully saturated rings. The Bertz CT molecular complexity index is 496. The van der Waals surface area contributed by atoms with Gasteiger partial charge >= 0.3 is 0 Å². The summed E-state index contributed by atoms with van der Waals surface area (Å²) in [4.78, 5) is 4.02. The molecule has 0 aliphatic carbocycles. The van der Waals surface area contributed by atoms with Gasteiger partial charge in [-0.25, -0.2) is 0 Å². The van der Waals surface area contributed by atoms with Gasteiger partial charge in [-0.1, -0.05) is 19.1 Å². The number of aryl methyl sites for hydroxylation is 1. The summed E-state index contributed by atoms with van der Waals surface area (Å²) >= 11 is 0. The maximum absolute atomic E-state index is 5.77. The molecule has 0 aliphatic rings. The first-order valence-electron chi connectivity index (χ1n) is 7.70. The summed E-state index contributed by atoms with van der Waals surface area (Å²) in [5.41, 5.74) is 2.61. The number of nitrogens with one attached hydrogen (secondary N) is 1. The molecule has 0 atom stereocenters. The summed E-state index contributed by atoms with van der Waals surface area (Å²) in [5, 5.41) is 3.40. The lowest BCUT2D eigenvalue weighted by Gasteiger charge is -2.08. The molecular weight excluding hydrogens is 260 g/mol. The number of benzene rings is 1. The van der Waals surface area contributed by atoms with Crippen molar-refractivity contribution in [3.05, 3.63) is 59.9 Å². The van der Waals surface area contributed by atoms with Crippen LogP contribution in [-0.2, 0) is 13.0 Å². The van der Waals surface area contributed by atoms with E-state index < -0.39 is 0 Å². The lowest BCUT2D eigenvalue weighted by Crippen LogP contribution is -2.13. The molecule has 0 spiro atoms. The van der Waals surface area contributed by atoms with Gasteiger partial charge in [-0.2, -0.15) is 0 Å². The van der Waals surface area contributed by atoms with Gasteiger partial charge in [0.25, 0.3) is 0 Å². The quantitative estimate of drug-likeness (QED) is 0.715. The van der Waals surface area contributed by atoms with Crippen LogP contribution in [0.4, 0.5) is 0 Å². The maximum atomic E-state index is 5.77. The normalized spacial score (nSPS) is 10.5. The first kappa shape index (κ1) is 15.5. The monoisotopic (exact) mass is 284 g/mol. The molecule has 1 heterocycles. The van der Waals surface area contributed by atoms with Crippen LogP contribution in [-0.4, -0.2) is 18.1 Å². The third kappa shape index (κ3) is 5.96. The van der Waals surface area contributed by atoms with Gasteiger partial charge in [0.2, 0.25) is 0 Å². The zero-order chi connectivity index (χ0) is 14.8. The molecule has 3 nitrogen and oxygen atoms in total. The van der Waals surface area contributed by atoms with Crippen LogP contribution in [0.5, 0.6) is 5.75 Å². The molecule has 3 heteroatoms. The molecule has 0 radical (unpaired) electrons. The molecule has 0 unspecified atom stereocenters. The number of aromatic nitrogens is 1. The Morgan fingerprint density at radius 3 is 2.48 bits per heavy atom. The Kier molecular flexibility index (Phi) is 6.75. The number of hydrogen-bond acceptors (Lipinski definition) is 3. The number of ether oxygens (including phenoxy) is 1. The molecular formula is C18H24N2O. The van der Waals surface area contributed by atoms with E-state index in [1.807, 2.05) is 12.4 Å². The highest BCUT2D eigenvalue weighted by Crippen LogP contribution is 2.13. The van der Waals surface area contributed by atoms with E-state index in [1.165, 1.54) is 17.5 Å². The lowest BCUT2D eigenvalue weighted by atomic mass is 10.1. The van der Waals surface area contributed by atoms with Crippen LogP contribution in [0.15, 0.2) is 48.8 Å². The Morgan fingerprint density at radius 2 is 1.76 bits per heavy atom. The largest absolute Gasteiger partial charge is 0.494 e. The summed E-state index contributed by atoms with van der Waals surface area (Å²) in [6, 6.07) is 12.5. The molecule has 0 saturated heterocycles. The fourth-order valence-corrected chi connectivity index (χ4v) is 2.13. The van der Waals surface area contributed by atoms with Crippen molar-refractivity contribution < 1.29 is 4.74 Å². The predicted molar refractivity (Wildman–Crippen MR) is 86.5 cm³/mol. The summed E-state index contributed by atoms with van der Waals surface area (Å²) in [6.07, 6.45) is 6.88. The van der Waals surface area contributed by atoms with Crippen LogP contribution in [0.1, 0.15) is 30.9 Å². The molecule has 1 aromatic carbocycles. The molecule has 0 amide bonds. The van der Waals surface area contributed by atoms with Crippen molar-refractivity contribution in [1.82, 2.24) is 10.3 Å². The van der Waals surface area contributed by atoms with Gasteiger partial charge in [0.15, 0.2) is 0 Å². The third-order valence-electron chi connectivity index (χ3n) is 3.31. The van der Waals surface area contributed by atoms with Crippen molar-refractivity contribution >= 4 is 0 Å². The smallest absolute Gasteiger partial charge is 0.119 e. The van der Waals surface area contributed by atoms with Crippen molar-refractivity contribution in [3.63, 3.8) is 0 Å². The fraction of sp³-hybridized carbons (Fsp3) is 0.389. The summed E-state index contributed by atoms with van der Waals surface area (Å²) in [6.45, 7) is 4.91. The first-order chi connectivity index (χ1) is 10.4. The molecule has 1 N–H and O–H groups in total. The van der Waals surface area contributed by atoms with Crippen LogP contribution in [0.25, 0.3) is 0 Å². The van der Waals surface area contributed by atoms with Gasteiger partial charge in [0.1, 0.15) is 5.75 Å². The Labute approximate surface area is 127 Å². The number of hydrogen-bond donors (Lipinski definition) is 1. The summed E-state index contributed by atoms with van der Waals surface area (Å²) in [5.74, 6) is 0.948. The van der Waals surface area contributed by atoms with E-state index in [4.69, 9.17) is 4.74 Å². The van der Waals surface area contributed by atoms with E-state index in [9.17, 15) is 0 Å². The van der Waals surface area contributed by atoms with E-state index in [0.717, 1.165) is 38.3 Å². The van der Waals surface area contributed by atoms with E-state index in [0.29, 0.717) is 0 Å². The highest BCUT2D eigenvalue weighted by atomic mass is 16.5. The molecule has 21 heavy (non-hydrogen) atoms. The van der Waals surface area contributed by atoms with E-state index in [-0.39, 0.29) is 0 Å². The second-order valence-corrected chi connectivity index (χ2v) is 5.13. The molecule has 0 bridgehead atoms. The number of rotatable bonds is 9. The predicted octanol–water partition coefficient (Wildman–Crippen LogP) is 3.59. The molecule has 2 rings (SSSR count).